The fourth-order valence-corrected chi connectivity index (χ4v) is 3.83. The highest BCUT2D eigenvalue weighted by Gasteiger charge is 2.35. The lowest BCUT2D eigenvalue weighted by molar-refractivity contribution is 0.178. The lowest BCUT2D eigenvalue weighted by Gasteiger charge is -2.24. The van der Waals surface area contributed by atoms with Crippen LogP contribution in [0.1, 0.15) is 116 Å². The third-order valence-electron chi connectivity index (χ3n) is 5.65. The average Bonchev–Trinajstić information content (AvgIpc) is 2.66. The lowest BCUT2D eigenvalue weighted by Crippen LogP contribution is -2.37. The molecule has 0 heterocycles. The zero-order chi connectivity index (χ0) is 22.5. The van der Waals surface area contributed by atoms with E-state index in [-0.39, 0.29) is 0 Å². The predicted molar refractivity (Wildman–Crippen MR) is 127 cm³/mol. The van der Waals surface area contributed by atoms with E-state index >= 15 is 0 Å². The van der Waals surface area contributed by atoms with Gasteiger partial charge in [0.25, 0.3) is 0 Å². The molecule has 1 aromatic carbocycles. The van der Waals surface area contributed by atoms with Crippen LogP contribution in [0, 0.1) is 0 Å². The molecule has 0 unspecified atom stereocenters. The van der Waals surface area contributed by atoms with Crippen LogP contribution in [-0.4, -0.2) is 17.9 Å². The van der Waals surface area contributed by atoms with Crippen LogP contribution in [0.5, 0.6) is 5.75 Å². The van der Waals surface area contributed by atoms with Crippen molar-refractivity contribution in [2.24, 2.45) is 0 Å². The van der Waals surface area contributed by atoms with Gasteiger partial charge in [-0.25, -0.2) is 0 Å². The molecule has 0 amide bonds. The van der Waals surface area contributed by atoms with Gasteiger partial charge in [0, 0.05) is 0 Å². The van der Waals surface area contributed by atoms with Crippen molar-refractivity contribution in [3.8, 4) is 5.75 Å². The van der Waals surface area contributed by atoms with Crippen molar-refractivity contribution in [2.45, 2.75) is 123 Å². The van der Waals surface area contributed by atoms with Crippen LogP contribution in [-0.2, 0) is 23.0 Å². The van der Waals surface area contributed by atoms with Crippen molar-refractivity contribution in [1.82, 2.24) is 0 Å². The fraction of sp³-hybridized carbons (Fsp3) is 0.760. The van der Waals surface area contributed by atoms with Gasteiger partial charge in [-0.1, -0.05) is 84.1 Å². The van der Waals surface area contributed by atoms with Gasteiger partial charge < -0.3 is 4.74 Å². The number of hydrogen-bond donors (Lipinski definition) is 1. The van der Waals surface area contributed by atoms with Crippen molar-refractivity contribution >= 4 is 10.1 Å². The predicted octanol–water partition coefficient (Wildman–Crippen LogP) is 7.50. The number of benzene rings is 1. The SMILES string of the molecule is CCCCCCCCc1cc(CCCCCCCC)cc(OC(C)(C)S(=O)(=O)O)c1. The van der Waals surface area contributed by atoms with Crippen LogP contribution in [0.3, 0.4) is 0 Å². The van der Waals surface area contributed by atoms with Crippen molar-refractivity contribution in [2.75, 3.05) is 0 Å². The second-order valence-corrected chi connectivity index (χ2v) is 10.9. The molecule has 0 aliphatic heterocycles. The van der Waals surface area contributed by atoms with Gasteiger partial charge in [0.05, 0.1) is 0 Å². The summed E-state index contributed by atoms with van der Waals surface area (Å²) in [6.07, 6.45) is 16.9. The van der Waals surface area contributed by atoms with Gasteiger partial charge in [-0.3, -0.25) is 4.55 Å². The molecule has 0 aliphatic carbocycles. The summed E-state index contributed by atoms with van der Waals surface area (Å²) < 4.78 is 38.5. The zero-order valence-corrected chi connectivity index (χ0v) is 20.5. The molecule has 0 spiro atoms. The van der Waals surface area contributed by atoms with Crippen molar-refractivity contribution in [1.29, 1.82) is 0 Å². The number of ether oxygens (including phenoxy) is 1. The second kappa shape index (κ2) is 14.1. The Kier molecular flexibility index (Phi) is 12.7. The van der Waals surface area contributed by atoms with E-state index in [4.69, 9.17) is 4.74 Å². The molecule has 0 aliphatic rings. The molecular formula is C25H44O4S. The fourth-order valence-electron chi connectivity index (χ4n) is 3.63. The Morgan fingerprint density at radius 3 is 1.53 bits per heavy atom. The Hall–Kier alpha value is -1.07. The van der Waals surface area contributed by atoms with Crippen molar-refractivity contribution < 1.29 is 17.7 Å². The topological polar surface area (TPSA) is 63.6 Å². The van der Waals surface area contributed by atoms with E-state index in [1.165, 1.54) is 89.2 Å². The number of aryl methyl sites for hydroxylation is 2. The maximum Gasteiger partial charge on any atom is 0.305 e. The summed E-state index contributed by atoms with van der Waals surface area (Å²) in [5.74, 6) is 0.530. The first-order valence-electron chi connectivity index (χ1n) is 12.0. The van der Waals surface area contributed by atoms with Gasteiger partial charge in [-0.05, 0) is 62.8 Å². The summed E-state index contributed by atoms with van der Waals surface area (Å²) in [5.41, 5.74) is 2.38. The number of unbranched alkanes of at least 4 members (excludes halogenated alkanes) is 10. The molecule has 4 nitrogen and oxygen atoms in total. The monoisotopic (exact) mass is 440 g/mol. The highest BCUT2D eigenvalue weighted by molar-refractivity contribution is 7.87. The zero-order valence-electron chi connectivity index (χ0n) is 19.7. The Morgan fingerprint density at radius 1 is 0.733 bits per heavy atom. The maximum atomic E-state index is 11.7. The van der Waals surface area contributed by atoms with E-state index in [0.717, 1.165) is 25.7 Å². The van der Waals surface area contributed by atoms with Crippen LogP contribution in [0.4, 0.5) is 0 Å². The summed E-state index contributed by atoms with van der Waals surface area (Å²) in [7, 11) is -4.31. The Labute approximate surface area is 185 Å². The molecule has 0 saturated heterocycles. The third-order valence-corrected chi connectivity index (χ3v) is 6.97. The molecule has 0 radical (unpaired) electrons. The summed E-state index contributed by atoms with van der Waals surface area (Å²) in [6.45, 7) is 7.22. The highest BCUT2D eigenvalue weighted by Crippen LogP contribution is 2.27. The van der Waals surface area contributed by atoms with E-state index in [1.807, 2.05) is 12.1 Å². The molecule has 174 valence electrons. The quantitative estimate of drug-likeness (QED) is 0.201. The molecule has 0 atom stereocenters. The van der Waals surface area contributed by atoms with E-state index in [9.17, 15) is 13.0 Å². The van der Waals surface area contributed by atoms with E-state index in [1.54, 1.807) is 0 Å². The Bertz CT molecular complexity index is 661. The molecule has 0 fully saturated rings. The molecule has 1 N–H and O–H groups in total. The summed E-state index contributed by atoms with van der Waals surface area (Å²) >= 11 is 0. The molecule has 30 heavy (non-hydrogen) atoms. The minimum Gasteiger partial charge on any atom is -0.469 e. The van der Waals surface area contributed by atoms with Gasteiger partial charge in [-0.15, -0.1) is 0 Å². The standard InChI is InChI=1S/C25H44O4S/c1-5-7-9-11-13-15-17-22-19-23(18-16-14-12-10-8-6-2)21-24(20-22)29-25(3,4)30(26,27)28/h19-21H,5-18H2,1-4H3,(H,26,27,28). The molecule has 5 heteroatoms. The van der Waals surface area contributed by atoms with Gasteiger partial charge in [0.15, 0.2) is 0 Å². The van der Waals surface area contributed by atoms with Crippen LogP contribution >= 0.6 is 0 Å². The summed E-state index contributed by atoms with van der Waals surface area (Å²) in [4.78, 5) is -1.66. The number of hydrogen-bond acceptors (Lipinski definition) is 3. The van der Waals surface area contributed by atoms with Crippen LogP contribution in [0.15, 0.2) is 18.2 Å². The minimum atomic E-state index is -4.31. The first kappa shape index (κ1) is 27.0. The molecule has 1 rings (SSSR count). The van der Waals surface area contributed by atoms with Gasteiger partial charge in [-0.2, -0.15) is 8.42 Å². The first-order valence-corrected chi connectivity index (χ1v) is 13.4. The maximum absolute atomic E-state index is 11.7. The van der Waals surface area contributed by atoms with E-state index in [2.05, 4.69) is 19.9 Å². The van der Waals surface area contributed by atoms with Crippen LogP contribution in [0.25, 0.3) is 0 Å². The second-order valence-electron chi connectivity index (χ2n) is 9.00. The van der Waals surface area contributed by atoms with E-state index < -0.39 is 15.1 Å². The highest BCUT2D eigenvalue weighted by atomic mass is 32.2. The molecule has 0 aromatic heterocycles. The summed E-state index contributed by atoms with van der Waals surface area (Å²) in [6, 6.07) is 6.11. The molecule has 1 aromatic rings. The lowest BCUT2D eigenvalue weighted by atomic mass is 9.99. The molecular weight excluding hydrogens is 396 g/mol. The third kappa shape index (κ3) is 10.8. The van der Waals surface area contributed by atoms with Crippen LogP contribution in [0.2, 0.25) is 0 Å². The van der Waals surface area contributed by atoms with Crippen molar-refractivity contribution in [3.63, 3.8) is 0 Å². The van der Waals surface area contributed by atoms with Gasteiger partial charge in [0.1, 0.15) is 5.75 Å². The summed E-state index contributed by atoms with van der Waals surface area (Å²) in [5, 5.41) is 0. The normalized spacial score (nSPS) is 12.3. The molecule has 0 bridgehead atoms. The van der Waals surface area contributed by atoms with Gasteiger partial charge >= 0.3 is 10.1 Å². The van der Waals surface area contributed by atoms with Crippen molar-refractivity contribution in [3.05, 3.63) is 29.3 Å². The Morgan fingerprint density at radius 2 is 1.13 bits per heavy atom. The first-order chi connectivity index (χ1) is 14.2. The smallest absolute Gasteiger partial charge is 0.305 e. The largest absolute Gasteiger partial charge is 0.469 e. The van der Waals surface area contributed by atoms with E-state index in [0.29, 0.717) is 5.75 Å². The van der Waals surface area contributed by atoms with Crippen LogP contribution < -0.4 is 4.74 Å². The minimum absolute atomic E-state index is 0.530. The Balaban J connectivity index is 2.76. The number of rotatable bonds is 17. The average molecular weight is 441 g/mol. The van der Waals surface area contributed by atoms with Gasteiger partial charge in [0.2, 0.25) is 4.93 Å². The molecule has 0 saturated carbocycles.